The average molecular weight is 352 g/mol. The van der Waals surface area contributed by atoms with Crippen molar-refractivity contribution < 1.29 is 28.5 Å². The van der Waals surface area contributed by atoms with Crippen molar-refractivity contribution in [1.29, 1.82) is 0 Å². The highest BCUT2D eigenvalue weighted by molar-refractivity contribution is 8.14. The second-order valence-electron chi connectivity index (χ2n) is 4.88. The molecule has 1 aliphatic rings. The molecular formula is C14H24O6S2. The molecule has 1 heterocycles. The molecule has 8 heteroatoms. The summed E-state index contributed by atoms with van der Waals surface area (Å²) in [6.07, 6.45) is -2.05. The van der Waals surface area contributed by atoms with E-state index < -0.39 is 23.8 Å². The molecule has 0 aliphatic carbocycles. The predicted molar refractivity (Wildman–Crippen MR) is 86.9 cm³/mol. The van der Waals surface area contributed by atoms with Gasteiger partial charge in [-0.25, -0.2) is 0 Å². The van der Waals surface area contributed by atoms with Gasteiger partial charge in [-0.15, -0.1) is 0 Å². The minimum Gasteiger partial charge on any atom is -0.349 e. The Kier molecular flexibility index (Phi) is 7.35. The highest BCUT2D eigenvalue weighted by Crippen LogP contribution is 2.41. The predicted octanol–water partition coefficient (Wildman–Crippen LogP) is 2.06. The van der Waals surface area contributed by atoms with Crippen LogP contribution >= 0.6 is 23.5 Å². The van der Waals surface area contributed by atoms with E-state index in [2.05, 4.69) is 0 Å². The molecule has 0 unspecified atom stereocenters. The van der Waals surface area contributed by atoms with Gasteiger partial charge in [-0.05, 0) is 25.4 Å². The van der Waals surface area contributed by atoms with Crippen LogP contribution in [0.2, 0.25) is 0 Å². The fourth-order valence-corrected chi connectivity index (χ4v) is 3.32. The minimum absolute atomic E-state index is 0.251. The van der Waals surface area contributed by atoms with Crippen molar-refractivity contribution in [2.45, 2.75) is 51.5 Å². The van der Waals surface area contributed by atoms with E-state index in [0.717, 1.165) is 23.5 Å². The van der Waals surface area contributed by atoms with E-state index in [0.29, 0.717) is 11.5 Å². The maximum absolute atomic E-state index is 12.3. The Morgan fingerprint density at radius 3 is 1.45 bits per heavy atom. The summed E-state index contributed by atoms with van der Waals surface area (Å²) in [5, 5.41) is -0.502. The van der Waals surface area contributed by atoms with E-state index in [4.69, 9.17) is 18.9 Å². The van der Waals surface area contributed by atoms with Gasteiger partial charge in [0, 0.05) is 14.2 Å². The summed E-state index contributed by atoms with van der Waals surface area (Å²) in [5.74, 6) is -1.42. The summed E-state index contributed by atoms with van der Waals surface area (Å²) in [4.78, 5) is 24.6. The number of thioether (sulfide) groups is 2. The van der Waals surface area contributed by atoms with Crippen LogP contribution in [0.3, 0.4) is 0 Å². The summed E-state index contributed by atoms with van der Waals surface area (Å²) in [6, 6.07) is 0. The molecule has 22 heavy (non-hydrogen) atoms. The van der Waals surface area contributed by atoms with E-state index in [9.17, 15) is 9.59 Å². The molecule has 0 aromatic heterocycles. The average Bonchev–Trinajstić information content (AvgIpc) is 2.50. The molecule has 0 N–H and O–H groups in total. The molecule has 1 aliphatic heterocycles. The number of carbonyl (C=O) groups excluding carboxylic acids is 2. The van der Waals surface area contributed by atoms with Gasteiger partial charge in [0.15, 0.2) is 12.2 Å². The van der Waals surface area contributed by atoms with Gasteiger partial charge in [0.1, 0.15) is 0 Å². The fourth-order valence-electron chi connectivity index (χ4n) is 2.08. The number of rotatable bonds is 6. The van der Waals surface area contributed by atoms with Gasteiger partial charge in [0.2, 0.25) is 21.8 Å². The Labute approximate surface area is 140 Å². The van der Waals surface area contributed by atoms with Crippen LogP contribution in [0, 0.1) is 0 Å². The van der Waals surface area contributed by atoms with Crippen LogP contribution in [0.15, 0.2) is 0 Å². The highest BCUT2D eigenvalue weighted by Gasteiger charge is 2.59. The van der Waals surface area contributed by atoms with Crippen LogP contribution < -0.4 is 0 Å². The van der Waals surface area contributed by atoms with Gasteiger partial charge in [-0.1, -0.05) is 37.4 Å². The molecule has 6 nitrogen and oxygen atoms in total. The molecule has 1 rings (SSSR count). The number of hydrogen-bond donors (Lipinski definition) is 0. The first-order valence-electron chi connectivity index (χ1n) is 7.07. The molecule has 1 saturated heterocycles. The monoisotopic (exact) mass is 352 g/mol. The van der Waals surface area contributed by atoms with Gasteiger partial charge in [0.05, 0.1) is 0 Å². The summed E-state index contributed by atoms with van der Waals surface area (Å²) < 4.78 is 22.5. The Balaban J connectivity index is 3.15. The van der Waals surface area contributed by atoms with E-state index in [1.54, 1.807) is 13.8 Å². The molecule has 0 aromatic carbocycles. The van der Waals surface area contributed by atoms with Crippen LogP contribution in [0.5, 0.6) is 0 Å². The van der Waals surface area contributed by atoms with E-state index in [1.165, 1.54) is 14.2 Å². The zero-order chi connectivity index (χ0) is 17.0. The molecule has 0 aromatic rings. The molecule has 0 radical (unpaired) electrons. The van der Waals surface area contributed by atoms with Crippen molar-refractivity contribution in [1.82, 2.24) is 0 Å². The number of ether oxygens (including phenoxy) is 4. The third kappa shape index (κ3) is 3.85. The number of methoxy groups -OCH3 is 2. The third-order valence-electron chi connectivity index (χ3n) is 3.62. The summed E-state index contributed by atoms with van der Waals surface area (Å²) in [6.45, 7) is 6.97. The van der Waals surface area contributed by atoms with Crippen LogP contribution in [-0.4, -0.2) is 59.7 Å². The molecule has 128 valence electrons. The van der Waals surface area contributed by atoms with Crippen LogP contribution in [0.25, 0.3) is 0 Å². The zero-order valence-corrected chi connectivity index (χ0v) is 15.5. The number of hydrogen-bond acceptors (Lipinski definition) is 8. The van der Waals surface area contributed by atoms with Gasteiger partial charge >= 0.3 is 0 Å². The van der Waals surface area contributed by atoms with Gasteiger partial charge < -0.3 is 18.9 Å². The first kappa shape index (κ1) is 19.9. The molecule has 4 atom stereocenters. The first-order valence-corrected chi connectivity index (χ1v) is 9.04. The van der Waals surface area contributed by atoms with Crippen molar-refractivity contribution in [2.75, 3.05) is 25.7 Å². The quantitative estimate of drug-likeness (QED) is 0.719. The maximum Gasteiger partial charge on any atom is 0.221 e. The highest BCUT2D eigenvalue weighted by atomic mass is 32.2. The van der Waals surface area contributed by atoms with Crippen molar-refractivity contribution in [3.63, 3.8) is 0 Å². The summed E-state index contributed by atoms with van der Waals surface area (Å²) in [5.41, 5.74) is 0. The van der Waals surface area contributed by atoms with Gasteiger partial charge in [-0.3, -0.25) is 9.59 Å². The molecule has 0 saturated carbocycles. The summed E-state index contributed by atoms with van der Waals surface area (Å²) >= 11 is 2.19. The lowest BCUT2D eigenvalue weighted by Crippen LogP contribution is -2.67. The fraction of sp³-hybridized carbons (Fsp3) is 0.857. The lowest BCUT2D eigenvalue weighted by atomic mass is 10.0. The maximum atomic E-state index is 12.3. The first-order chi connectivity index (χ1) is 10.3. The zero-order valence-electron chi connectivity index (χ0n) is 13.8. The SMILES string of the molecule is CCSC(=O)[C@H]1O[C@](C)(OC)[C@@](C)(OC)O[C@@H]1C(=O)SCC. The standard InChI is InChI=1S/C14H24O6S2/c1-7-21-11(15)9-10(12(16)22-8-2)20-14(4,18-6)13(3,17-5)19-9/h9-10H,7-8H2,1-6H3/t9-,10-,13-,14-/m0/s1. The van der Waals surface area contributed by atoms with E-state index in [-0.39, 0.29) is 10.2 Å². The van der Waals surface area contributed by atoms with Crippen molar-refractivity contribution in [3.05, 3.63) is 0 Å². The summed E-state index contributed by atoms with van der Waals surface area (Å²) in [7, 11) is 2.89. The molecule has 0 bridgehead atoms. The number of carbonyl (C=O) groups is 2. The lowest BCUT2D eigenvalue weighted by Gasteiger charge is -2.50. The molecular weight excluding hydrogens is 328 g/mol. The normalized spacial score (nSPS) is 35.4. The van der Waals surface area contributed by atoms with Crippen molar-refractivity contribution >= 4 is 33.8 Å². The second kappa shape index (κ2) is 8.12. The Morgan fingerprint density at radius 2 is 1.23 bits per heavy atom. The van der Waals surface area contributed by atoms with Crippen LogP contribution in [0.4, 0.5) is 0 Å². The van der Waals surface area contributed by atoms with Crippen molar-refractivity contribution in [3.8, 4) is 0 Å². The minimum atomic E-state index is -1.30. The van der Waals surface area contributed by atoms with Gasteiger partial charge in [-0.2, -0.15) is 0 Å². The Morgan fingerprint density at radius 1 is 0.909 bits per heavy atom. The van der Waals surface area contributed by atoms with Crippen LogP contribution in [-0.2, 0) is 28.5 Å². The van der Waals surface area contributed by atoms with Crippen LogP contribution in [0.1, 0.15) is 27.7 Å². The molecule has 0 amide bonds. The molecule has 1 fully saturated rings. The molecule has 0 spiro atoms. The van der Waals surface area contributed by atoms with E-state index in [1.807, 2.05) is 13.8 Å². The Hall–Kier alpha value is -0.120. The van der Waals surface area contributed by atoms with Gasteiger partial charge in [0.25, 0.3) is 0 Å². The second-order valence-corrected chi connectivity index (χ2v) is 7.42. The largest absolute Gasteiger partial charge is 0.349 e. The lowest BCUT2D eigenvalue weighted by molar-refractivity contribution is -0.435. The van der Waals surface area contributed by atoms with E-state index >= 15 is 0 Å². The smallest absolute Gasteiger partial charge is 0.221 e. The Bertz CT molecular complexity index is 380. The topological polar surface area (TPSA) is 71.1 Å². The third-order valence-corrected chi connectivity index (χ3v) is 5.23. The van der Waals surface area contributed by atoms with Crippen molar-refractivity contribution in [2.24, 2.45) is 0 Å².